The summed E-state index contributed by atoms with van der Waals surface area (Å²) in [5.74, 6) is 0.766. The van der Waals surface area contributed by atoms with E-state index in [0.29, 0.717) is 6.10 Å². The molecule has 1 unspecified atom stereocenters. The van der Waals surface area contributed by atoms with Gasteiger partial charge in [-0.25, -0.2) is 0 Å². The molecule has 0 bridgehead atoms. The van der Waals surface area contributed by atoms with Gasteiger partial charge in [-0.1, -0.05) is 12.8 Å². The molecule has 1 heterocycles. The Bertz CT molecular complexity index is 200. The SMILES string of the molecule is CO[Si]1(OC)CCCC(C2CCCC2)O1. The molecule has 2 aliphatic rings. The van der Waals surface area contributed by atoms with Crippen molar-refractivity contribution in [1.29, 1.82) is 0 Å². The van der Waals surface area contributed by atoms with Crippen molar-refractivity contribution in [3.63, 3.8) is 0 Å². The normalized spacial score (nSPS) is 32.0. The van der Waals surface area contributed by atoms with E-state index in [0.717, 1.165) is 12.0 Å². The third-order valence-corrected chi connectivity index (χ3v) is 6.72. The van der Waals surface area contributed by atoms with E-state index >= 15 is 0 Å². The molecule has 2 rings (SSSR count). The van der Waals surface area contributed by atoms with Gasteiger partial charge in [-0.3, -0.25) is 0 Å². The molecule has 1 aliphatic heterocycles. The van der Waals surface area contributed by atoms with Crippen LogP contribution >= 0.6 is 0 Å². The van der Waals surface area contributed by atoms with Crippen molar-refractivity contribution in [2.24, 2.45) is 5.92 Å². The van der Waals surface area contributed by atoms with Crippen LogP contribution in [0.2, 0.25) is 6.04 Å². The fourth-order valence-corrected chi connectivity index (χ4v) is 5.21. The zero-order valence-electron chi connectivity index (χ0n) is 9.83. The Morgan fingerprint density at radius 3 is 2.27 bits per heavy atom. The average molecular weight is 230 g/mol. The number of hydrogen-bond acceptors (Lipinski definition) is 3. The minimum atomic E-state index is -2.26. The number of hydrogen-bond donors (Lipinski definition) is 0. The Balaban J connectivity index is 1.96. The fraction of sp³-hybridized carbons (Fsp3) is 1.00. The standard InChI is InChI=1S/C11H22O3Si/c1-12-15(13-2)9-5-8-11(14-15)10-6-3-4-7-10/h10-11H,3-9H2,1-2H3. The minimum absolute atomic E-state index is 0.410. The molecule has 4 heteroatoms. The highest BCUT2D eigenvalue weighted by atomic mass is 28.4. The second kappa shape index (κ2) is 4.95. The predicted octanol–water partition coefficient (Wildman–Crippen LogP) is 2.59. The van der Waals surface area contributed by atoms with Crippen molar-refractivity contribution in [3.05, 3.63) is 0 Å². The van der Waals surface area contributed by atoms with Crippen LogP contribution in [0.3, 0.4) is 0 Å². The fourth-order valence-electron chi connectivity index (χ4n) is 2.91. The van der Waals surface area contributed by atoms with Crippen LogP contribution in [0.1, 0.15) is 38.5 Å². The Morgan fingerprint density at radius 1 is 1.00 bits per heavy atom. The first-order valence-electron chi connectivity index (χ1n) is 6.08. The van der Waals surface area contributed by atoms with E-state index in [-0.39, 0.29) is 0 Å². The van der Waals surface area contributed by atoms with Gasteiger partial charge in [-0.2, -0.15) is 0 Å². The molecule has 2 fully saturated rings. The van der Waals surface area contributed by atoms with E-state index in [4.69, 9.17) is 13.3 Å². The van der Waals surface area contributed by atoms with E-state index in [1.54, 1.807) is 14.2 Å². The van der Waals surface area contributed by atoms with Gasteiger partial charge >= 0.3 is 8.80 Å². The van der Waals surface area contributed by atoms with Crippen LogP contribution in [0.5, 0.6) is 0 Å². The van der Waals surface area contributed by atoms with E-state index in [1.807, 2.05) is 0 Å². The van der Waals surface area contributed by atoms with E-state index in [9.17, 15) is 0 Å². The Kier molecular flexibility index (Phi) is 3.82. The molecule has 0 aromatic heterocycles. The molecule has 0 N–H and O–H groups in total. The number of rotatable bonds is 3. The first-order valence-corrected chi connectivity index (χ1v) is 8.01. The van der Waals surface area contributed by atoms with Gasteiger partial charge < -0.3 is 13.3 Å². The van der Waals surface area contributed by atoms with Gasteiger partial charge in [0.1, 0.15) is 0 Å². The van der Waals surface area contributed by atoms with Crippen molar-refractivity contribution >= 4 is 8.80 Å². The molecule has 15 heavy (non-hydrogen) atoms. The van der Waals surface area contributed by atoms with Crippen molar-refractivity contribution in [1.82, 2.24) is 0 Å². The Labute approximate surface area is 93.5 Å². The lowest BCUT2D eigenvalue weighted by atomic mass is 9.97. The predicted molar refractivity (Wildman–Crippen MR) is 60.6 cm³/mol. The summed E-state index contributed by atoms with van der Waals surface area (Å²) in [4.78, 5) is 0. The molecule has 0 spiro atoms. The molecule has 1 atom stereocenters. The van der Waals surface area contributed by atoms with Crippen LogP contribution in [0.15, 0.2) is 0 Å². The molecule has 0 amide bonds. The molecule has 1 saturated heterocycles. The maximum Gasteiger partial charge on any atom is 0.500 e. The van der Waals surface area contributed by atoms with Gasteiger partial charge in [-0.15, -0.1) is 0 Å². The highest BCUT2D eigenvalue weighted by molar-refractivity contribution is 6.60. The van der Waals surface area contributed by atoms with Gasteiger partial charge in [0.2, 0.25) is 0 Å². The molecular formula is C11H22O3Si. The van der Waals surface area contributed by atoms with E-state index in [2.05, 4.69) is 0 Å². The summed E-state index contributed by atoms with van der Waals surface area (Å²) in [6.45, 7) is 0. The summed E-state index contributed by atoms with van der Waals surface area (Å²) >= 11 is 0. The Hall–Kier alpha value is 0.0969. The van der Waals surface area contributed by atoms with Crippen LogP contribution < -0.4 is 0 Å². The zero-order valence-corrected chi connectivity index (χ0v) is 10.8. The highest BCUT2D eigenvalue weighted by Gasteiger charge is 2.46. The van der Waals surface area contributed by atoms with Crippen LogP contribution in [-0.4, -0.2) is 29.1 Å². The highest BCUT2D eigenvalue weighted by Crippen LogP contribution is 2.37. The summed E-state index contributed by atoms with van der Waals surface area (Å²) in [5.41, 5.74) is 0. The molecule has 0 radical (unpaired) electrons. The summed E-state index contributed by atoms with van der Waals surface area (Å²) in [6.07, 6.45) is 8.23. The smallest absolute Gasteiger partial charge is 0.377 e. The summed E-state index contributed by atoms with van der Waals surface area (Å²) in [7, 11) is 1.20. The van der Waals surface area contributed by atoms with Gasteiger partial charge in [-0.05, 0) is 31.6 Å². The summed E-state index contributed by atoms with van der Waals surface area (Å²) in [5, 5.41) is 0. The maximum atomic E-state index is 6.15. The lowest BCUT2D eigenvalue weighted by Crippen LogP contribution is -2.50. The third kappa shape index (κ3) is 2.44. The third-order valence-electron chi connectivity index (χ3n) is 3.85. The van der Waals surface area contributed by atoms with Crippen molar-refractivity contribution in [3.8, 4) is 0 Å². The van der Waals surface area contributed by atoms with Crippen LogP contribution in [-0.2, 0) is 13.3 Å². The average Bonchev–Trinajstić information content (AvgIpc) is 2.82. The van der Waals surface area contributed by atoms with Crippen LogP contribution in [0, 0.1) is 5.92 Å². The van der Waals surface area contributed by atoms with Crippen LogP contribution in [0.25, 0.3) is 0 Å². The van der Waals surface area contributed by atoms with E-state index < -0.39 is 8.80 Å². The van der Waals surface area contributed by atoms with Gasteiger partial charge in [0.25, 0.3) is 0 Å². The summed E-state index contributed by atoms with van der Waals surface area (Å²) < 4.78 is 17.2. The maximum absolute atomic E-state index is 6.15. The van der Waals surface area contributed by atoms with Crippen molar-refractivity contribution < 1.29 is 13.3 Å². The topological polar surface area (TPSA) is 27.7 Å². The quantitative estimate of drug-likeness (QED) is 0.698. The first kappa shape index (κ1) is 11.6. The second-order valence-electron chi connectivity index (χ2n) is 4.68. The van der Waals surface area contributed by atoms with Gasteiger partial charge in [0, 0.05) is 20.3 Å². The minimum Gasteiger partial charge on any atom is -0.377 e. The lowest BCUT2D eigenvalue weighted by molar-refractivity contribution is 0.00659. The summed E-state index contributed by atoms with van der Waals surface area (Å²) in [6, 6.07) is 0.989. The molecule has 88 valence electrons. The molecule has 3 nitrogen and oxygen atoms in total. The van der Waals surface area contributed by atoms with E-state index in [1.165, 1.54) is 38.5 Å². The van der Waals surface area contributed by atoms with Gasteiger partial charge in [0.15, 0.2) is 0 Å². The van der Waals surface area contributed by atoms with Crippen molar-refractivity contribution in [2.45, 2.75) is 50.7 Å². The largest absolute Gasteiger partial charge is 0.500 e. The molecule has 1 saturated carbocycles. The second-order valence-corrected chi connectivity index (χ2v) is 7.60. The first-order chi connectivity index (χ1) is 7.29. The zero-order chi connectivity index (χ0) is 10.7. The molecular weight excluding hydrogens is 208 g/mol. The molecule has 0 aromatic carbocycles. The van der Waals surface area contributed by atoms with Crippen LogP contribution in [0.4, 0.5) is 0 Å². The van der Waals surface area contributed by atoms with Gasteiger partial charge in [0.05, 0.1) is 6.10 Å². The molecule has 0 aromatic rings. The lowest BCUT2D eigenvalue weighted by Gasteiger charge is -2.38. The Morgan fingerprint density at radius 2 is 1.67 bits per heavy atom. The monoisotopic (exact) mass is 230 g/mol. The molecule has 1 aliphatic carbocycles. The van der Waals surface area contributed by atoms with Crippen molar-refractivity contribution in [2.75, 3.05) is 14.2 Å².